The molecule has 0 radical (unpaired) electrons. The predicted molar refractivity (Wildman–Crippen MR) is 124 cm³/mol. The average Bonchev–Trinajstić information content (AvgIpc) is 3.15. The van der Waals surface area contributed by atoms with E-state index < -0.39 is 11.2 Å². The Labute approximate surface area is 191 Å². The Morgan fingerprint density at radius 3 is 2.84 bits per heavy atom. The molecular formula is C22H27N7O2S. The maximum atomic E-state index is 13.2. The molecule has 1 aliphatic carbocycles. The van der Waals surface area contributed by atoms with Crippen molar-refractivity contribution < 1.29 is 9.53 Å². The number of hydrogen-bond acceptors (Lipinski definition) is 10. The Morgan fingerprint density at radius 1 is 1.41 bits per heavy atom. The first kappa shape index (κ1) is 22.0. The number of nitrogens with two attached hydrogens (primary N) is 2. The van der Waals surface area contributed by atoms with Crippen LogP contribution in [0, 0.1) is 11.3 Å². The van der Waals surface area contributed by atoms with E-state index in [9.17, 15) is 10.1 Å². The van der Waals surface area contributed by atoms with Crippen LogP contribution in [0.5, 0.6) is 5.88 Å². The van der Waals surface area contributed by atoms with Gasteiger partial charge in [0.25, 0.3) is 0 Å². The minimum Gasteiger partial charge on any atom is -0.481 e. The molecule has 9 nitrogen and oxygen atoms in total. The molecule has 0 saturated carbocycles. The highest BCUT2D eigenvalue weighted by molar-refractivity contribution is 7.16. The Hall–Kier alpha value is -3.16. The molecule has 2 aromatic rings. The normalized spacial score (nSPS) is 21.0. The molecule has 5 N–H and O–H groups in total. The highest BCUT2D eigenvalue weighted by Crippen LogP contribution is 2.47. The van der Waals surface area contributed by atoms with Gasteiger partial charge in [0.1, 0.15) is 16.9 Å². The number of hydrogen-bond donors (Lipinski definition) is 3. The van der Waals surface area contributed by atoms with Crippen molar-refractivity contribution in [3.63, 3.8) is 0 Å². The fourth-order valence-corrected chi connectivity index (χ4v) is 5.62. The van der Waals surface area contributed by atoms with Crippen LogP contribution in [-0.2, 0) is 11.8 Å². The molecule has 10 heteroatoms. The number of carbonyl (C=O) groups is 1. The summed E-state index contributed by atoms with van der Waals surface area (Å²) in [6.07, 6.45) is 3.88. The smallest absolute Gasteiger partial charge is 0.224 e. The summed E-state index contributed by atoms with van der Waals surface area (Å²) in [6.45, 7) is 5.21. The van der Waals surface area contributed by atoms with Crippen LogP contribution in [-0.4, -0.2) is 49.0 Å². The summed E-state index contributed by atoms with van der Waals surface area (Å²) in [7, 11) is 1.51. The summed E-state index contributed by atoms with van der Waals surface area (Å²) in [6, 6.07) is 3.96. The lowest BCUT2D eigenvalue weighted by Gasteiger charge is -2.35. The molecule has 0 aromatic carbocycles. The maximum absolute atomic E-state index is 13.2. The summed E-state index contributed by atoms with van der Waals surface area (Å²) in [5.74, 6) is 0.614. The molecule has 4 rings (SSSR count). The van der Waals surface area contributed by atoms with Crippen LogP contribution in [0.1, 0.15) is 46.4 Å². The van der Waals surface area contributed by atoms with Crippen LogP contribution < -0.4 is 26.4 Å². The molecule has 1 fully saturated rings. The SMILES string of the molecule is COc1cc(N2CCNCC2)nc(C(=O)/C=C(\N)C2(C)CCCc3sc(N)c(C#N)c32)n1. The van der Waals surface area contributed by atoms with E-state index in [0.717, 1.165) is 55.9 Å². The summed E-state index contributed by atoms with van der Waals surface area (Å²) in [5, 5.41) is 13.5. The third kappa shape index (κ3) is 3.89. The highest BCUT2D eigenvalue weighted by atomic mass is 32.1. The molecule has 3 heterocycles. The molecule has 32 heavy (non-hydrogen) atoms. The molecule has 0 amide bonds. The fourth-order valence-electron chi connectivity index (χ4n) is 4.43. The lowest BCUT2D eigenvalue weighted by molar-refractivity contribution is 0.103. The van der Waals surface area contributed by atoms with E-state index in [1.807, 2.05) is 6.92 Å². The minimum absolute atomic E-state index is 0.0332. The first-order chi connectivity index (χ1) is 15.4. The van der Waals surface area contributed by atoms with E-state index in [4.69, 9.17) is 16.2 Å². The number of rotatable bonds is 5. The van der Waals surface area contributed by atoms with E-state index >= 15 is 0 Å². The van der Waals surface area contributed by atoms with Gasteiger partial charge in [-0.2, -0.15) is 10.2 Å². The first-order valence-corrected chi connectivity index (χ1v) is 11.4. The number of ether oxygens (including phenoxy) is 1. The zero-order valence-corrected chi connectivity index (χ0v) is 19.1. The van der Waals surface area contributed by atoms with E-state index in [1.54, 1.807) is 6.07 Å². The standard InChI is InChI=1S/C22H27N7O2S/c1-22(5-3-4-15-19(22)13(12-23)20(25)32-15)16(24)10-14(30)21-27-17(11-18(28-21)31-2)29-8-6-26-7-9-29/h10-11,26H,3-9,24-25H2,1-2H3/b16-10-. The Kier molecular flexibility index (Phi) is 6.04. The number of carbonyl (C=O) groups excluding carboxylic acids is 1. The van der Waals surface area contributed by atoms with Gasteiger partial charge in [-0.05, 0) is 31.7 Å². The van der Waals surface area contributed by atoms with E-state index in [-0.39, 0.29) is 5.82 Å². The minimum atomic E-state index is -0.650. The van der Waals surface area contributed by atoms with E-state index in [2.05, 4.69) is 26.3 Å². The molecule has 1 saturated heterocycles. The number of ketones is 1. The largest absolute Gasteiger partial charge is 0.481 e. The number of anilines is 2. The van der Waals surface area contributed by atoms with Crippen molar-refractivity contribution in [2.45, 2.75) is 31.6 Å². The van der Waals surface area contributed by atoms with Crippen LogP contribution in [0.2, 0.25) is 0 Å². The number of nitrogens with one attached hydrogen (secondary N) is 1. The van der Waals surface area contributed by atoms with Crippen molar-refractivity contribution >= 4 is 27.9 Å². The van der Waals surface area contributed by atoms with Crippen molar-refractivity contribution in [2.24, 2.45) is 5.73 Å². The van der Waals surface area contributed by atoms with Gasteiger partial charge in [0, 0.05) is 54.3 Å². The number of aromatic nitrogens is 2. The van der Waals surface area contributed by atoms with Gasteiger partial charge in [-0.15, -0.1) is 11.3 Å². The number of piperazine rings is 1. The van der Waals surface area contributed by atoms with Crippen LogP contribution in [0.4, 0.5) is 10.8 Å². The number of thiophene rings is 1. The molecule has 168 valence electrons. The van der Waals surface area contributed by atoms with Gasteiger partial charge in [-0.1, -0.05) is 0 Å². The van der Waals surface area contributed by atoms with Crippen LogP contribution >= 0.6 is 11.3 Å². The molecular weight excluding hydrogens is 426 g/mol. The van der Waals surface area contributed by atoms with Gasteiger partial charge in [-0.25, -0.2) is 4.98 Å². The first-order valence-electron chi connectivity index (χ1n) is 10.6. The topological polar surface area (TPSA) is 143 Å². The molecule has 0 spiro atoms. The van der Waals surface area contributed by atoms with Crippen molar-refractivity contribution in [3.05, 3.63) is 39.7 Å². The summed E-state index contributed by atoms with van der Waals surface area (Å²) in [5.41, 5.74) is 13.6. The average molecular weight is 454 g/mol. The predicted octanol–water partition coefficient (Wildman–Crippen LogP) is 1.73. The van der Waals surface area contributed by atoms with Crippen molar-refractivity contribution in [1.82, 2.24) is 15.3 Å². The highest BCUT2D eigenvalue weighted by Gasteiger charge is 2.39. The Bertz CT molecular complexity index is 1110. The van der Waals surface area contributed by atoms with Gasteiger partial charge >= 0.3 is 0 Å². The van der Waals surface area contributed by atoms with Crippen molar-refractivity contribution in [1.29, 1.82) is 5.26 Å². The number of aryl methyl sites for hydroxylation is 1. The fraction of sp³-hybridized carbons (Fsp3) is 0.455. The molecule has 2 aromatic heterocycles. The molecule has 1 atom stereocenters. The zero-order chi connectivity index (χ0) is 22.9. The van der Waals surface area contributed by atoms with Gasteiger partial charge < -0.3 is 26.4 Å². The quantitative estimate of drug-likeness (QED) is 0.455. The van der Waals surface area contributed by atoms with Crippen LogP contribution in [0.3, 0.4) is 0 Å². The Morgan fingerprint density at radius 2 is 2.16 bits per heavy atom. The van der Waals surface area contributed by atoms with Gasteiger partial charge in [0.15, 0.2) is 0 Å². The van der Waals surface area contributed by atoms with Crippen LogP contribution in [0.15, 0.2) is 17.8 Å². The van der Waals surface area contributed by atoms with E-state index in [0.29, 0.717) is 28.0 Å². The van der Waals surface area contributed by atoms with Gasteiger partial charge in [0.05, 0.1) is 12.7 Å². The lowest BCUT2D eigenvalue weighted by Crippen LogP contribution is -2.44. The molecule has 0 bridgehead atoms. The van der Waals surface area contributed by atoms with Gasteiger partial charge in [-0.3, -0.25) is 4.79 Å². The zero-order valence-electron chi connectivity index (χ0n) is 18.3. The summed E-state index contributed by atoms with van der Waals surface area (Å²) < 4.78 is 5.31. The molecule has 1 aliphatic heterocycles. The second-order valence-electron chi connectivity index (χ2n) is 8.23. The Balaban J connectivity index is 1.70. The van der Waals surface area contributed by atoms with Crippen LogP contribution in [0.25, 0.3) is 0 Å². The maximum Gasteiger partial charge on any atom is 0.224 e. The molecule has 2 aliphatic rings. The third-order valence-corrected chi connectivity index (χ3v) is 7.31. The second kappa shape index (κ2) is 8.76. The lowest BCUT2D eigenvalue weighted by atomic mass is 9.70. The monoisotopic (exact) mass is 453 g/mol. The van der Waals surface area contributed by atoms with Crippen molar-refractivity contribution in [2.75, 3.05) is 43.9 Å². The third-order valence-electron chi connectivity index (χ3n) is 6.24. The number of methoxy groups -OCH3 is 1. The number of nitriles is 1. The summed E-state index contributed by atoms with van der Waals surface area (Å²) >= 11 is 1.43. The molecule has 1 unspecified atom stereocenters. The number of fused-ring (bicyclic) bond motifs is 1. The summed E-state index contributed by atoms with van der Waals surface area (Å²) in [4.78, 5) is 25.1. The number of allylic oxidation sites excluding steroid dienone is 2. The number of nitrogen functional groups attached to an aromatic ring is 1. The van der Waals surface area contributed by atoms with Crippen molar-refractivity contribution in [3.8, 4) is 11.9 Å². The second-order valence-corrected chi connectivity index (χ2v) is 9.37. The van der Waals surface area contributed by atoms with Gasteiger partial charge in [0.2, 0.25) is 17.5 Å². The number of nitrogens with zero attached hydrogens (tertiary/aromatic N) is 4. The van der Waals surface area contributed by atoms with E-state index in [1.165, 1.54) is 24.5 Å².